The van der Waals surface area contributed by atoms with Gasteiger partial charge in [-0.3, -0.25) is 0 Å². The standard InChI is InChI=1S/C18H25N3O3/c22-18-19-8-12-21(18)14-5-9-20(10-6-14)11-7-15-13-23-16-3-1-2-4-17(16)24-15/h1-4,14-15H,5-13H2,(H,19,22)/t15-/m1/s1. The molecule has 0 spiro atoms. The van der Waals surface area contributed by atoms with Gasteiger partial charge < -0.3 is 24.6 Å². The number of carbonyl (C=O) groups excluding carboxylic acids is 1. The van der Waals surface area contributed by atoms with E-state index >= 15 is 0 Å². The number of para-hydroxylation sites is 2. The van der Waals surface area contributed by atoms with Crippen LogP contribution in [0.1, 0.15) is 19.3 Å². The van der Waals surface area contributed by atoms with Crippen LogP contribution in [-0.4, -0.2) is 67.3 Å². The van der Waals surface area contributed by atoms with E-state index in [1.165, 1.54) is 0 Å². The molecule has 24 heavy (non-hydrogen) atoms. The Morgan fingerprint density at radius 2 is 1.92 bits per heavy atom. The molecule has 0 unspecified atom stereocenters. The van der Waals surface area contributed by atoms with Crippen LogP contribution in [0.15, 0.2) is 24.3 Å². The van der Waals surface area contributed by atoms with Crippen molar-refractivity contribution in [3.05, 3.63) is 24.3 Å². The predicted octanol–water partition coefficient (Wildman–Crippen LogP) is 1.71. The van der Waals surface area contributed by atoms with Gasteiger partial charge in [-0.25, -0.2) is 4.79 Å². The zero-order valence-corrected chi connectivity index (χ0v) is 13.9. The van der Waals surface area contributed by atoms with Crippen LogP contribution in [0.2, 0.25) is 0 Å². The van der Waals surface area contributed by atoms with E-state index in [2.05, 4.69) is 10.2 Å². The lowest BCUT2D eigenvalue weighted by molar-refractivity contribution is 0.0677. The van der Waals surface area contributed by atoms with Crippen molar-refractivity contribution in [1.29, 1.82) is 0 Å². The highest BCUT2D eigenvalue weighted by molar-refractivity contribution is 5.76. The first-order valence-electron chi connectivity index (χ1n) is 8.95. The maximum atomic E-state index is 11.8. The minimum atomic E-state index is 0.111. The molecule has 4 rings (SSSR count). The number of nitrogens with one attached hydrogen (secondary N) is 1. The van der Waals surface area contributed by atoms with Gasteiger partial charge in [-0.2, -0.15) is 0 Å². The highest BCUT2D eigenvalue weighted by Crippen LogP contribution is 2.31. The molecule has 2 fully saturated rings. The lowest BCUT2D eigenvalue weighted by Gasteiger charge is -2.36. The first kappa shape index (κ1) is 15.6. The van der Waals surface area contributed by atoms with Gasteiger partial charge in [0.25, 0.3) is 0 Å². The van der Waals surface area contributed by atoms with Crippen LogP contribution in [-0.2, 0) is 0 Å². The minimum absolute atomic E-state index is 0.111. The highest BCUT2D eigenvalue weighted by atomic mass is 16.6. The summed E-state index contributed by atoms with van der Waals surface area (Å²) in [6.07, 6.45) is 3.24. The molecule has 0 aromatic heterocycles. The van der Waals surface area contributed by atoms with Crippen LogP contribution >= 0.6 is 0 Å². The van der Waals surface area contributed by atoms with Crippen LogP contribution in [0.5, 0.6) is 11.5 Å². The van der Waals surface area contributed by atoms with Gasteiger partial charge >= 0.3 is 6.03 Å². The third kappa shape index (κ3) is 3.29. The largest absolute Gasteiger partial charge is 0.486 e. The van der Waals surface area contributed by atoms with Crippen molar-refractivity contribution < 1.29 is 14.3 Å². The first-order chi connectivity index (χ1) is 11.8. The molecule has 1 atom stereocenters. The fraction of sp³-hybridized carbons (Fsp3) is 0.611. The van der Waals surface area contributed by atoms with Crippen LogP contribution in [0, 0.1) is 0 Å². The maximum absolute atomic E-state index is 11.8. The Labute approximate surface area is 142 Å². The molecular weight excluding hydrogens is 306 g/mol. The molecule has 2 saturated heterocycles. The average Bonchev–Trinajstić information content (AvgIpc) is 3.06. The third-order valence-electron chi connectivity index (χ3n) is 5.22. The van der Waals surface area contributed by atoms with Crippen LogP contribution < -0.4 is 14.8 Å². The summed E-state index contributed by atoms with van der Waals surface area (Å²) in [4.78, 5) is 16.2. The number of likely N-dealkylation sites (tertiary alicyclic amines) is 1. The topological polar surface area (TPSA) is 54.0 Å². The summed E-state index contributed by atoms with van der Waals surface area (Å²) in [6.45, 7) is 5.41. The lowest BCUT2D eigenvalue weighted by atomic mass is 10.0. The number of ether oxygens (including phenoxy) is 2. The highest BCUT2D eigenvalue weighted by Gasteiger charge is 2.31. The molecule has 3 heterocycles. The number of fused-ring (bicyclic) bond motifs is 1. The van der Waals surface area contributed by atoms with Gasteiger partial charge in [-0.15, -0.1) is 0 Å². The zero-order valence-electron chi connectivity index (χ0n) is 13.9. The van der Waals surface area contributed by atoms with E-state index in [1.807, 2.05) is 29.2 Å². The van der Waals surface area contributed by atoms with E-state index in [1.54, 1.807) is 0 Å². The molecule has 6 nitrogen and oxygen atoms in total. The first-order valence-corrected chi connectivity index (χ1v) is 8.95. The fourth-order valence-corrected chi connectivity index (χ4v) is 3.82. The molecule has 1 N–H and O–H groups in total. The van der Waals surface area contributed by atoms with Crippen LogP contribution in [0.4, 0.5) is 4.79 Å². The maximum Gasteiger partial charge on any atom is 0.317 e. The van der Waals surface area contributed by atoms with Gasteiger partial charge in [0.1, 0.15) is 12.7 Å². The van der Waals surface area contributed by atoms with Gasteiger partial charge in [-0.05, 0) is 25.0 Å². The molecule has 0 aliphatic carbocycles. The number of hydrogen-bond donors (Lipinski definition) is 1. The number of hydrogen-bond acceptors (Lipinski definition) is 4. The smallest absolute Gasteiger partial charge is 0.317 e. The minimum Gasteiger partial charge on any atom is -0.486 e. The Kier molecular flexibility index (Phi) is 4.47. The summed E-state index contributed by atoms with van der Waals surface area (Å²) in [7, 11) is 0. The van der Waals surface area contributed by atoms with Crippen molar-refractivity contribution in [2.75, 3.05) is 39.3 Å². The van der Waals surface area contributed by atoms with E-state index < -0.39 is 0 Å². The molecule has 3 aliphatic rings. The fourth-order valence-electron chi connectivity index (χ4n) is 3.82. The Balaban J connectivity index is 1.22. The van der Waals surface area contributed by atoms with E-state index in [4.69, 9.17) is 9.47 Å². The van der Waals surface area contributed by atoms with Crippen LogP contribution in [0.25, 0.3) is 0 Å². The van der Waals surface area contributed by atoms with Gasteiger partial charge in [0.15, 0.2) is 11.5 Å². The van der Waals surface area contributed by atoms with E-state index in [9.17, 15) is 4.79 Å². The number of urea groups is 1. The summed E-state index contributed by atoms with van der Waals surface area (Å²) in [6, 6.07) is 8.38. The zero-order chi connectivity index (χ0) is 16.4. The number of piperidine rings is 1. The molecule has 0 bridgehead atoms. The number of carbonyl (C=O) groups is 1. The third-order valence-corrected chi connectivity index (χ3v) is 5.22. The molecule has 0 saturated carbocycles. The van der Waals surface area contributed by atoms with Crippen molar-refractivity contribution >= 4 is 6.03 Å². The molecule has 6 heteroatoms. The second-order valence-corrected chi connectivity index (χ2v) is 6.78. The number of nitrogens with zero attached hydrogens (tertiary/aromatic N) is 2. The Morgan fingerprint density at radius 3 is 2.67 bits per heavy atom. The Bertz CT molecular complexity index is 587. The average molecular weight is 331 g/mol. The molecule has 3 aliphatic heterocycles. The number of amides is 2. The van der Waals surface area contributed by atoms with E-state index in [0.29, 0.717) is 12.6 Å². The molecule has 130 valence electrons. The number of rotatable bonds is 4. The SMILES string of the molecule is O=C1NCCN1C1CCN(CC[C@@H]2COc3ccccc3O2)CC1. The Morgan fingerprint density at radius 1 is 1.12 bits per heavy atom. The molecule has 0 radical (unpaired) electrons. The van der Waals surface area contributed by atoms with Crippen molar-refractivity contribution in [2.45, 2.75) is 31.4 Å². The van der Waals surface area contributed by atoms with Gasteiger partial charge in [-0.1, -0.05) is 12.1 Å². The second kappa shape index (κ2) is 6.89. The van der Waals surface area contributed by atoms with Crippen molar-refractivity contribution in [3.8, 4) is 11.5 Å². The molecule has 2 amide bonds. The summed E-state index contributed by atoms with van der Waals surface area (Å²) < 4.78 is 11.8. The second-order valence-electron chi connectivity index (χ2n) is 6.78. The summed E-state index contributed by atoms with van der Waals surface area (Å²) in [5.41, 5.74) is 0. The number of benzene rings is 1. The molecular formula is C18H25N3O3. The van der Waals surface area contributed by atoms with Crippen LogP contribution in [0.3, 0.4) is 0 Å². The summed E-state index contributed by atoms with van der Waals surface area (Å²) >= 11 is 0. The summed E-state index contributed by atoms with van der Waals surface area (Å²) in [5, 5.41) is 2.90. The van der Waals surface area contributed by atoms with Gasteiger partial charge in [0.05, 0.1) is 0 Å². The monoisotopic (exact) mass is 331 g/mol. The van der Waals surface area contributed by atoms with E-state index in [-0.39, 0.29) is 12.1 Å². The Hall–Kier alpha value is -1.95. The van der Waals surface area contributed by atoms with Crippen molar-refractivity contribution in [3.63, 3.8) is 0 Å². The van der Waals surface area contributed by atoms with E-state index in [0.717, 1.165) is 63.5 Å². The molecule has 1 aromatic rings. The molecule has 1 aromatic carbocycles. The van der Waals surface area contributed by atoms with Crippen molar-refractivity contribution in [2.24, 2.45) is 0 Å². The van der Waals surface area contributed by atoms with Gasteiger partial charge in [0, 0.05) is 45.2 Å². The summed E-state index contributed by atoms with van der Waals surface area (Å²) in [5.74, 6) is 1.70. The normalized spacial score (nSPS) is 24.9. The van der Waals surface area contributed by atoms with Crippen molar-refractivity contribution in [1.82, 2.24) is 15.1 Å². The lowest BCUT2D eigenvalue weighted by Crippen LogP contribution is -2.46. The quantitative estimate of drug-likeness (QED) is 0.912. The predicted molar refractivity (Wildman–Crippen MR) is 90.5 cm³/mol. The van der Waals surface area contributed by atoms with Gasteiger partial charge in [0.2, 0.25) is 0 Å².